The maximum atomic E-state index is 12.9. The number of hydrogen-bond acceptors (Lipinski definition) is 11. The molecule has 6 unspecified atom stereocenters. The van der Waals surface area contributed by atoms with E-state index in [-0.39, 0.29) is 19.6 Å². The van der Waals surface area contributed by atoms with E-state index in [1.165, 1.54) is 38.5 Å². The van der Waals surface area contributed by atoms with Crippen LogP contribution >= 0.6 is 0 Å². The second-order valence-electron chi connectivity index (χ2n) is 16.3. The van der Waals surface area contributed by atoms with Gasteiger partial charge in [-0.2, -0.15) is 8.42 Å². The molecule has 66 heavy (non-hydrogen) atoms. The summed E-state index contributed by atoms with van der Waals surface area (Å²) < 4.78 is 59.1. The molecule has 0 aromatic heterocycles. The van der Waals surface area contributed by atoms with E-state index >= 15 is 0 Å². The Morgan fingerprint density at radius 3 is 1.53 bits per heavy atom. The maximum absolute atomic E-state index is 12.9. The largest absolute Gasteiger partial charge is 0.457 e. The number of aliphatic hydroxyl groups excluding tert-OH is 3. The lowest BCUT2D eigenvalue weighted by Crippen LogP contribution is -2.60. The van der Waals surface area contributed by atoms with Gasteiger partial charge in [-0.3, -0.25) is 9.35 Å². The van der Waals surface area contributed by atoms with Gasteiger partial charge in [-0.25, -0.2) is 4.18 Å². The zero-order valence-corrected chi connectivity index (χ0v) is 41.0. The Morgan fingerprint density at radius 2 is 1.05 bits per heavy atom. The van der Waals surface area contributed by atoms with Gasteiger partial charge in [0.25, 0.3) is 0 Å². The number of carbonyl (C=O) groups excluding carboxylic acids is 1. The quantitative estimate of drug-likeness (QED) is 0.0198. The minimum atomic E-state index is -5.08. The monoisotopic (exact) mass is 947 g/mol. The molecule has 0 amide bonds. The second-order valence-corrected chi connectivity index (χ2v) is 17.4. The predicted molar refractivity (Wildman–Crippen MR) is 266 cm³/mol. The number of ether oxygens (including phenoxy) is 4. The van der Waals surface area contributed by atoms with Gasteiger partial charge >= 0.3 is 16.4 Å². The molecule has 0 aromatic rings. The number of allylic oxidation sites excluding steroid dienone is 18. The van der Waals surface area contributed by atoms with Crippen LogP contribution in [0.15, 0.2) is 109 Å². The van der Waals surface area contributed by atoms with Crippen molar-refractivity contribution in [3.63, 3.8) is 0 Å². The summed E-state index contributed by atoms with van der Waals surface area (Å²) in [6.07, 6.45) is 51.2. The fourth-order valence-corrected chi connectivity index (χ4v) is 7.20. The summed E-state index contributed by atoms with van der Waals surface area (Å²) in [6.45, 7) is 3.73. The Bertz CT molecular complexity index is 1560. The Balaban J connectivity index is 2.46. The standard InChI is InChI=1S/C53H86O12S/c1-3-5-7-9-11-13-15-17-19-21-22-23-24-25-26-27-28-30-32-34-36-38-40-42-49(55)63-47(46-62-53-51(57)52(65-66(58,59)60)50(56)48(44-54)64-53)45-61-43-41-39-37-35-33-31-29-20-18-16-14-12-10-8-6-4-2/h5,7,11-14,17-20,22-23,25-26,28,30,34,36,47-48,50-54,56-57H,3-4,6,8-10,15-16,21,24,27,29,31-33,35,37-46H2,1-2H3,(H,58,59,60)/b7-5-,13-11-,14-12-,19-17-,20-18-,23-22-,26-25-,30-28-,36-34-. The van der Waals surface area contributed by atoms with Crippen LogP contribution < -0.4 is 0 Å². The summed E-state index contributed by atoms with van der Waals surface area (Å²) in [7, 11) is -5.08. The SMILES string of the molecule is CC/C=C\C/C=C\C/C=C\C/C=C\C/C=C\C/C=C\C/C=C\CCCC(=O)OC(COCCCCCCCC/C=C\C/C=C\CCCCC)COC1OC(CO)C(O)C(OS(=O)(=O)O)C1O. The predicted octanol–water partition coefficient (Wildman–Crippen LogP) is 11.2. The van der Waals surface area contributed by atoms with Crippen molar-refractivity contribution >= 4 is 16.4 Å². The fraction of sp³-hybridized carbons (Fsp3) is 0.642. The summed E-state index contributed by atoms with van der Waals surface area (Å²) in [5.41, 5.74) is 0. The zero-order valence-electron chi connectivity index (χ0n) is 40.2. The van der Waals surface area contributed by atoms with E-state index in [0.717, 1.165) is 83.5 Å². The summed E-state index contributed by atoms with van der Waals surface area (Å²) in [6, 6.07) is 0. The van der Waals surface area contributed by atoms with E-state index in [9.17, 15) is 33.1 Å². The number of hydrogen-bond donors (Lipinski definition) is 4. The highest BCUT2D eigenvalue weighted by molar-refractivity contribution is 7.80. The molecule has 0 saturated carbocycles. The van der Waals surface area contributed by atoms with Gasteiger partial charge < -0.3 is 34.3 Å². The summed E-state index contributed by atoms with van der Waals surface area (Å²) >= 11 is 0. The third-order valence-corrected chi connectivity index (χ3v) is 10.8. The van der Waals surface area contributed by atoms with Crippen molar-refractivity contribution in [1.82, 2.24) is 0 Å². The molecular weight excluding hydrogens is 861 g/mol. The maximum Gasteiger partial charge on any atom is 0.397 e. The van der Waals surface area contributed by atoms with Gasteiger partial charge in [0, 0.05) is 13.0 Å². The molecule has 1 heterocycles. The van der Waals surface area contributed by atoms with Crippen molar-refractivity contribution in [1.29, 1.82) is 0 Å². The minimum absolute atomic E-state index is 0.00230. The molecule has 4 N–H and O–H groups in total. The van der Waals surface area contributed by atoms with Crippen molar-refractivity contribution in [2.45, 2.75) is 192 Å². The first-order valence-electron chi connectivity index (χ1n) is 24.6. The van der Waals surface area contributed by atoms with E-state index in [1.54, 1.807) is 0 Å². The molecular formula is C53H86O12S. The Kier molecular flexibility index (Phi) is 39.7. The average Bonchev–Trinajstić information content (AvgIpc) is 3.29. The van der Waals surface area contributed by atoms with Crippen LogP contribution in [0.3, 0.4) is 0 Å². The van der Waals surface area contributed by atoms with Gasteiger partial charge in [0.2, 0.25) is 0 Å². The van der Waals surface area contributed by atoms with Crippen LogP contribution in [-0.2, 0) is 38.3 Å². The van der Waals surface area contributed by atoms with Crippen molar-refractivity contribution < 1.29 is 56.2 Å². The smallest absolute Gasteiger partial charge is 0.397 e. The molecule has 0 aromatic carbocycles. The van der Waals surface area contributed by atoms with Crippen LogP contribution in [0.1, 0.15) is 155 Å². The number of rotatable bonds is 41. The van der Waals surface area contributed by atoms with Crippen LogP contribution in [0.4, 0.5) is 0 Å². The van der Waals surface area contributed by atoms with Gasteiger partial charge in [-0.15, -0.1) is 0 Å². The number of esters is 1. The lowest BCUT2D eigenvalue weighted by atomic mass is 9.99. The summed E-state index contributed by atoms with van der Waals surface area (Å²) in [4.78, 5) is 12.9. The molecule has 0 radical (unpaired) electrons. The molecule has 376 valence electrons. The van der Waals surface area contributed by atoms with Crippen molar-refractivity contribution in [2.75, 3.05) is 26.4 Å². The third-order valence-electron chi connectivity index (χ3n) is 10.4. The minimum Gasteiger partial charge on any atom is -0.457 e. The van der Waals surface area contributed by atoms with E-state index in [1.807, 2.05) is 6.08 Å². The Hall–Kier alpha value is -3.24. The lowest BCUT2D eigenvalue weighted by Gasteiger charge is -2.41. The van der Waals surface area contributed by atoms with Crippen LogP contribution in [0, 0.1) is 0 Å². The first-order valence-corrected chi connectivity index (χ1v) is 26.0. The van der Waals surface area contributed by atoms with Crippen molar-refractivity contribution in [3.8, 4) is 0 Å². The molecule has 1 aliphatic rings. The summed E-state index contributed by atoms with van der Waals surface area (Å²) in [5, 5.41) is 30.7. The Morgan fingerprint density at radius 1 is 0.591 bits per heavy atom. The lowest BCUT2D eigenvalue weighted by molar-refractivity contribution is -0.301. The molecule has 12 nitrogen and oxygen atoms in total. The van der Waals surface area contributed by atoms with Crippen LogP contribution in [-0.4, -0.2) is 97.5 Å². The van der Waals surface area contributed by atoms with Gasteiger partial charge in [-0.1, -0.05) is 162 Å². The number of carbonyl (C=O) groups is 1. The molecule has 1 saturated heterocycles. The topological polar surface area (TPSA) is 178 Å². The number of unbranched alkanes of at least 4 members (excludes halogenated alkanes) is 10. The highest BCUT2D eigenvalue weighted by Crippen LogP contribution is 2.26. The molecule has 0 aliphatic carbocycles. The molecule has 1 aliphatic heterocycles. The van der Waals surface area contributed by atoms with Crippen LogP contribution in [0.2, 0.25) is 0 Å². The van der Waals surface area contributed by atoms with E-state index in [0.29, 0.717) is 19.4 Å². The Labute approximate surface area is 398 Å². The third kappa shape index (κ3) is 35.9. The number of aliphatic hydroxyl groups is 3. The normalized spacial score (nSPS) is 20.5. The van der Waals surface area contributed by atoms with Crippen molar-refractivity contribution in [2.24, 2.45) is 0 Å². The highest BCUT2D eigenvalue weighted by atomic mass is 32.3. The van der Waals surface area contributed by atoms with Crippen molar-refractivity contribution in [3.05, 3.63) is 109 Å². The van der Waals surface area contributed by atoms with Gasteiger partial charge in [0.15, 0.2) is 6.29 Å². The van der Waals surface area contributed by atoms with Gasteiger partial charge in [-0.05, 0) is 96.3 Å². The molecule has 1 rings (SSSR count). The molecule has 0 spiro atoms. The molecule has 6 atom stereocenters. The second kappa shape index (κ2) is 43.1. The summed E-state index contributed by atoms with van der Waals surface area (Å²) in [5.74, 6) is -0.465. The first-order chi connectivity index (χ1) is 32.1. The average molecular weight is 947 g/mol. The molecule has 13 heteroatoms. The van der Waals surface area contributed by atoms with Crippen LogP contribution in [0.25, 0.3) is 0 Å². The first kappa shape index (κ1) is 60.8. The van der Waals surface area contributed by atoms with E-state index in [4.69, 9.17) is 18.9 Å². The zero-order chi connectivity index (χ0) is 48.2. The van der Waals surface area contributed by atoms with E-state index < -0.39 is 59.8 Å². The molecule has 0 bridgehead atoms. The molecule has 1 fully saturated rings. The van der Waals surface area contributed by atoms with Gasteiger partial charge in [0.1, 0.15) is 30.5 Å². The van der Waals surface area contributed by atoms with E-state index in [2.05, 4.69) is 121 Å². The van der Waals surface area contributed by atoms with Gasteiger partial charge in [0.05, 0.1) is 19.8 Å². The fourth-order valence-electron chi connectivity index (χ4n) is 6.69. The van der Waals surface area contributed by atoms with Crippen LogP contribution in [0.5, 0.6) is 0 Å². The highest BCUT2D eigenvalue weighted by Gasteiger charge is 2.48.